The third-order valence-electron chi connectivity index (χ3n) is 1.45. The normalized spacial score (nSPS) is 11.2. The van der Waals surface area contributed by atoms with Gasteiger partial charge >= 0.3 is 0 Å². The second-order valence-corrected chi connectivity index (χ2v) is 2.53. The molecule has 0 fully saturated rings. The average molecular weight is 168 g/mol. The summed E-state index contributed by atoms with van der Waals surface area (Å²) in [5, 5.41) is 3.11. The average Bonchev–Trinajstić information content (AvgIpc) is 2.03. The van der Waals surface area contributed by atoms with Crippen LogP contribution in [-0.2, 0) is 4.79 Å². The molecule has 0 saturated heterocycles. The highest BCUT2D eigenvalue weighted by atomic mass is 16.1. The molecule has 0 unspecified atom stereocenters. The van der Waals surface area contributed by atoms with E-state index in [4.69, 9.17) is 5.73 Å². The van der Waals surface area contributed by atoms with Crippen molar-refractivity contribution in [2.75, 3.05) is 13.1 Å². The lowest BCUT2D eigenvalue weighted by Gasteiger charge is -1.97. The number of hydrogen-bond donors (Lipinski definition) is 2. The maximum atomic E-state index is 10.5. The Balaban J connectivity index is 3.46. The van der Waals surface area contributed by atoms with Gasteiger partial charge in [-0.1, -0.05) is 12.2 Å². The molecule has 1 amide bonds. The summed E-state index contributed by atoms with van der Waals surface area (Å²) in [4.78, 5) is 10.5. The first kappa shape index (κ1) is 10.9. The van der Waals surface area contributed by atoms with Crippen molar-refractivity contribution in [2.24, 2.45) is 5.73 Å². The summed E-state index contributed by atoms with van der Waals surface area (Å²) in [6.07, 6.45) is 4.45. The zero-order valence-electron chi connectivity index (χ0n) is 7.47. The largest absolute Gasteiger partial charge is 0.366 e. The van der Waals surface area contributed by atoms with Crippen LogP contribution in [0, 0.1) is 0 Å². The zero-order chi connectivity index (χ0) is 9.40. The predicted octanol–water partition coefficient (Wildman–Crippen LogP) is 0.584. The van der Waals surface area contributed by atoms with Gasteiger partial charge < -0.3 is 11.1 Å². The highest BCUT2D eigenvalue weighted by Gasteiger charge is 1.94. The molecule has 0 aliphatic heterocycles. The molecule has 0 aromatic heterocycles. The van der Waals surface area contributed by atoms with Crippen molar-refractivity contribution in [1.82, 2.24) is 5.32 Å². The number of rotatable bonds is 6. The first-order chi connectivity index (χ1) is 5.68. The SMILES string of the molecule is C=CCNCCC=C(C)C(N)=O. The molecule has 0 aromatic rings. The molecule has 0 aromatic carbocycles. The first-order valence-corrected chi connectivity index (χ1v) is 3.96. The van der Waals surface area contributed by atoms with Crippen molar-refractivity contribution in [3.63, 3.8) is 0 Å². The number of nitrogens with one attached hydrogen (secondary N) is 1. The van der Waals surface area contributed by atoms with Crippen LogP contribution >= 0.6 is 0 Å². The van der Waals surface area contributed by atoms with Gasteiger partial charge in [0.05, 0.1) is 0 Å². The predicted molar refractivity (Wildman–Crippen MR) is 50.6 cm³/mol. The standard InChI is InChI=1S/C9H16N2O/c1-3-6-11-7-4-5-8(2)9(10)12/h3,5,11H,1,4,6-7H2,2H3,(H2,10,12). The minimum Gasteiger partial charge on any atom is -0.366 e. The first-order valence-electron chi connectivity index (χ1n) is 3.96. The summed E-state index contributed by atoms with van der Waals surface area (Å²) in [7, 11) is 0. The van der Waals surface area contributed by atoms with Crippen molar-refractivity contribution >= 4 is 5.91 Å². The molecule has 0 bridgehead atoms. The number of carbonyl (C=O) groups is 1. The second kappa shape index (κ2) is 6.61. The molecule has 0 atom stereocenters. The van der Waals surface area contributed by atoms with E-state index in [2.05, 4.69) is 11.9 Å². The Hall–Kier alpha value is -1.09. The Morgan fingerprint density at radius 2 is 2.33 bits per heavy atom. The fraction of sp³-hybridized carbons (Fsp3) is 0.444. The van der Waals surface area contributed by atoms with E-state index in [9.17, 15) is 4.79 Å². The number of hydrogen-bond acceptors (Lipinski definition) is 2. The Morgan fingerprint density at radius 3 is 2.83 bits per heavy atom. The van der Waals surface area contributed by atoms with Crippen LogP contribution in [0.1, 0.15) is 13.3 Å². The van der Waals surface area contributed by atoms with E-state index in [0.29, 0.717) is 5.57 Å². The van der Waals surface area contributed by atoms with Crippen LogP contribution in [-0.4, -0.2) is 19.0 Å². The van der Waals surface area contributed by atoms with Gasteiger partial charge in [-0.2, -0.15) is 0 Å². The zero-order valence-corrected chi connectivity index (χ0v) is 7.47. The lowest BCUT2D eigenvalue weighted by molar-refractivity contribution is -0.114. The maximum absolute atomic E-state index is 10.5. The lowest BCUT2D eigenvalue weighted by atomic mass is 10.2. The quantitative estimate of drug-likeness (QED) is 0.346. The van der Waals surface area contributed by atoms with Crippen LogP contribution in [0.3, 0.4) is 0 Å². The molecule has 0 spiro atoms. The Kier molecular flexibility index (Phi) is 6.01. The van der Waals surface area contributed by atoms with Crippen molar-refractivity contribution in [2.45, 2.75) is 13.3 Å². The summed E-state index contributed by atoms with van der Waals surface area (Å²) >= 11 is 0. The highest BCUT2D eigenvalue weighted by Crippen LogP contribution is 1.92. The summed E-state index contributed by atoms with van der Waals surface area (Å²) in [6.45, 7) is 6.93. The Labute approximate surface area is 73.3 Å². The van der Waals surface area contributed by atoms with E-state index >= 15 is 0 Å². The lowest BCUT2D eigenvalue weighted by Crippen LogP contribution is -2.15. The van der Waals surface area contributed by atoms with Crippen LogP contribution in [0.2, 0.25) is 0 Å². The minimum atomic E-state index is -0.348. The van der Waals surface area contributed by atoms with Gasteiger partial charge in [0.25, 0.3) is 0 Å². The number of primary amides is 1. The molecule has 3 heteroatoms. The van der Waals surface area contributed by atoms with Gasteiger partial charge in [-0.3, -0.25) is 4.79 Å². The summed E-state index contributed by atoms with van der Waals surface area (Å²) in [5.74, 6) is -0.348. The van der Waals surface area contributed by atoms with Gasteiger partial charge in [0.1, 0.15) is 0 Å². The van der Waals surface area contributed by atoms with Crippen LogP contribution in [0.4, 0.5) is 0 Å². The highest BCUT2D eigenvalue weighted by molar-refractivity contribution is 5.91. The van der Waals surface area contributed by atoms with E-state index < -0.39 is 0 Å². The van der Waals surface area contributed by atoms with E-state index in [1.165, 1.54) is 0 Å². The number of nitrogens with two attached hydrogens (primary N) is 1. The van der Waals surface area contributed by atoms with E-state index in [1.807, 2.05) is 6.08 Å². The molecule has 3 nitrogen and oxygen atoms in total. The fourth-order valence-electron chi connectivity index (χ4n) is 0.695. The third kappa shape index (κ3) is 5.68. The molecular formula is C9H16N2O. The maximum Gasteiger partial charge on any atom is 0.244 e. The van der Waals surface area contributed by atoms with Crippen LogP contribution < -0.4 is 11.1 Å². The molecule has 68 valence electrons. The number of carbonyl (C=O) groups excluding carboxylic acids is 1. The van der Waals surface area contributed by atoms with E-state index in [-0.39, 0.29) is 5.91 Å². The molecule has 0 heterocycles. The molecule has 0 radical (unpaired) electrons. The van der Waals surface area contributed by atoms with E-state index in [0.717, 1.165) is 19.5 Å². The van der Waals surface area contributed by atoms with Crippen LogP contribution in [0.15, 0.2) is 24.3 Å². The molecule has 12 heavy (non-hydrogen) atoms. The molecule has 0 rings (SSSR count). The van der Waals surface area contributed by atoms with Gasteiger partial charge in [-0.25, -0.2) is 0 Å². The van der Waals surface area contributed by atoms with Gasteiger partial charge in [0.2, 0.25) is 5.91 Å². The molecule has 0 saturated carbocycles. The molecule has 3 N–H and O–H groups in total. The van der Waals surface area contributed by atoms with E-state index in [1.54, 1.807) is 13.0 Å². The van der Waals surface area contributed by atoms with Crippen molar-refractivity contribution in [1.29, 1.82) is 0 Å². The molecule has 0 aliphatic rings. The van der Waals surface area contributed by atoms with Crippen molar-refractivity contribution < 1.29 is 4.79 Å². The van der Waals surface area contributed by atoms with Crippen molar-refractivity contribution in [3.8, 4) is 0 Å². The van der Waals surface area contributed by atoms with Gasteiger partial charge in [-0.15, -0.1) is 6.58 Å². The van der Waals surface area contributed by atoms with Gasteiger partial charge in [-0.05, 0) is 19.9 Å². The summed E-state index contributed by atoms with van der Waals surface area (Å²) in [5.41, 5.74) is 5.65. The third-order valence-corrected chi connectivity index (χ3v) is 1.45. The topological polar surface area (TPSA) is 55.1 Å². The van der Waals surface area contributed by atoms with Crippen molar-refractivity contribution in [3.05, 3.63) is 24.3 Å². The smallest absolute Gasteiger partial charge is 0.244 e. The van der Waals surface area contributed by atoms with Gasteiger partial charge in [0, 0.05) is 12.1 Å². The Bertz CT molecular complexity index is 185. The molecule has 0 aliphatic carbocycles. The second-order valence-electron chi connectivity index (χ2n) is 2.53. The monoisotopic (exact) mass is 168 g/mol. The minimum absolute atomic E-state index is 0.348. The summed E-state index contributed by atoms with van der Waals surface area (Å²) in [6, 6.07) is 0. The van der Waals surface area contributed by atoms with Crippen LogP contribution in [0.5, 0.6) is 0 Å². The molecular weight excluding hydrogens is 152 g/mol. The Morgan fingerprint density at radius 1 is 1.67 bits per heavy atom. The number of amides is 1. The fourth-order valence-corrected chi connectivity index (χ4v) is 0.695. The van der Waals surface area contributed by atoms with Gasteiger partial charge in [0.15, 0.2) is 0 Å². The van der Waals surface area contributed by atoms with Crippen LogP contribution in [0.25, 0.3) is 0 Å². The summed E-state index contributed by atoms with van der Waals surface area (Å²) < 4.78 is 0.